The van der Waals surface area contributed by atoms with Gasteiger partial charge in [-0.3, -0.25) is 4.90 Å². The number of hydrogen-bond donors (Lipinski definition) is 1. The molecule has 7 atom stereocenters. The maximum absolute atomic E-state index is 15.2. The molecule has 3 saturated heterocycles. The summed E-state index contributed by atoms with van der Waals surface area (Å²) in [5.74, 6) is -2.45. The second kappa shape index (κ2) is 10.2. The van der Waals surface area contributed by atoms with Crippen LogP contribution in [0.5, 0.6) is 0 Å². The molecule has 1 N–H and O–H groups in total. The van der Waals surface area contributed by atoms with E-state index in [2.05, 4.69) is 34.2 Å². The van der Waals surface area contributed by atoms with E-state index in [0.29, 0.717) is 75.0 Å². The van der Waals surface area contributed by atoms with Crippen LogP contribution in [-0.4, -0.2) is 87.5 Å². The van der Waals surface area contributed by atoms with Crippen LogP contribution in [0.25, 0.3) is 0 Å². The smallest absolute Gasteiger partial charge is 0.317 e. The summed E-state index contributed by atoms with van der Waals surface area (Å²) in [6.45, 7) is 7.23. The van der Waals surface area contributed by atoms with Crippen molar-refractivity contribution in [3.8, 4) is 0 Å². The van der Waals surface area contributed by atoms with Crippen LogP contribution in [0.1, 0.15) is 103 Å². The van der Waals surface area contributed by atoms with E-state index < -0.39 is 35.7 Å². The number of carbonyl (C=O) groups excluding carboxylic acids is 1. The molecule has 1 aromatic heterocycles. The van der Waals surface area contributed by atoms with Gasteiger partial charge in [-0.15, -0.1) is 0 Å². The Hall–Kier alpha value is -1.88. The molecule has 39 heavy (non-hydrogen) atoms. The average Bonchev–Trinajstić information content (AvgIpc) is 3.28. The first-order valence-electron chi connectivity index (χ1n) is 14.9. The Bertz CT molecular complexity index is 1030. The van der Waals surface area contributed by atoms with E-state index in [1.54, 1.807) is 4.90 Å². The van der Waals surface area contributed by atoms with Crippen molar-refractivity contribution in [2.24, 2.45) is 0 Å². The number of ether oxygens (including phenoxy) is 1. The predicted octanol–water partition coefficient (Wildman–Crippen LogP) is 4.93. The molecule has 8 nitrogen and oxygen atoms in total. The number of nitrogens with zero attached hydrogens (tertiary/aromatic N) is 4. The molecule has 4 heterocycles. The number of hydrogen-bond acceptors (Lipinski definition) is 6. The molecule has 3 aliphatic heterocycles. The van der Waals surface area contributed by atoms with Gasteiger partial charge in [-0.05, 0) is 71.6 Å². The highest BCUT2D eigenvalue weighted by Gasteiger charge is 2.51. The lowest BCUT2D eigenvalue weighted by atomic mass is 9.79. The molecule has 2 saturated carbocycles. The Morgan fingerprint density at radius 3 is 2.38 bits per heavy atom. The first-order valence-corrected chi connectivity index (χ1v) is 14.9. The third-order valence-corrected chi connectivity index (χ3v) is 9.98. The van der Waals surface area contributed by atoms with Gasteiger partial charge in [0.1, 0.15) is 12.2 Å². The number of carbonyl (C=O) groups is 1. The molecule has 0 aromatic carbocycles. The number of fused-ring (bicyclic) bond motifs is 2. The van der Waals surface area contributed by atoms with Crippen molar-refractivity contribution in [2.45, 2.75) is 145 Å². The zero-order valence-electron chi connectivity index (χ0n) is 23.3. The Labute approximate surface area is 228 Å². The summed E-state index contributed by atoms with van der Waals surface area (Å²) in [4.78, 5) is 21.8. The molecule has 2 amide bonds. The number of amides is 2. The van der Waals surface area contributed by atoms with Crippen LogP contribution >= 0.6 is 0 Å². The van der Waals surface area contributed by atoms with Crippen molar-refractivity contribution < 1.29 is 27.2 Å². The molecule has 6 rings (SSSR count). The molecule has 2 unspecified atom stereocenters. The van der Waals surface area contributed by atoms with Crippen molar-refractivity contribution in [3.05, 3.63) is 11.7 Å². The van der Waals surface area contributed by atoms with Crippen LogP contribution in [0.15, 0.2) is 4.52 Å². The van der Waals surface area contributed by atoms with E-state index >= 15 is 8.78 Å². The highest BCUT2D eigenvalue weighted by Crippen LogP contribution is 2.44. The van der Waals surface area contributed by atoms with Gasteiger partial charge in [-0.2, -0.15) is 4.98 Å². The molecule has 0 radical (unpaired) electrons. The first-order chi connectivity index (χ1) is 18.5. The SMILES string of the molecule is CC(C)N1C2CC[C@H]1CC(O[C@H]1CCCC(F)(F)[C@@H]1NC(=O)N1CCC(C)(c3noc([C@@H]4C[C@@H]4F)n3)CC1)C2. The highest BCUT2D eigenvalue weighted by molar-refractivity contribution is 5.75. The van der Waals surface area contributed by atoms with Crippen LogP contribution in [-0.2, 0) is 10.2 Å². The topological polar surface area (TPSA) is 83.7 Å². The maximum atomic E-state index is 15.2. The lowest BCUT2D eigenvalue weighted by molar-refractivity contribution is -0.152. The van der Waals surface area contributed by atoms with Crippen molar-refractivity contribution in [1.29, 1.82) is 0 Å². The minimum Gasteiger partial charge on any atom is -0.372 e. The monoisotopic (exact) mass is 553 g/mol. The van der Waals surface area contributed by atoms with Crippen LogP contribution in [0.3, 0.4) is 0 Å². The number of aromatic nitrogens is 2. The first kappa shape index (κ1) is 27.3. The van der Waals surface area contributed by atoms with Crippen LogP contribution in [0.4, 0.5) is 18.0 Å². The van der Waals surface area contributed by atoms with Crippen LogP contribution < -0.4 is 5.32 Å². The Morgan fingerprint density at radius 1 is 1.10 bits per heavy atom. The third kappa shape index (κ3) is 5.29. The summed E-state index contributed by atoms with van der Waals surface area (Å²) in [5.41, 5.74) is -0.413. The molecule has 218 valence electrons. The number of nitrogens with one attached hydrogen (secondary N) is 1. The molecule has 2 bridgehead atoms. The van der Waals surface area contributed by atoms with Gasteiger partial charge < -0.3 is 19.5 Å². The second-order valence-corrected chi connectivity index (χ2v) is 13.1. The Kier molecular flexibility index (Phi) is 7.13. The van der Waals surface area contributed by atoms with Gasteiger partial charge in [-0.25, -0.2) is 18.0 Å². The van der Waals surface area contributed by atoms with Gasteiger partial charge in [0, 0.05) is 43.1 Å². The van der Waals surface area contributed by atoms with Gasteiger partial charge in [0.25, 0.3) is 5.92 Å². The molecule has 2 aliphatic carbocycles. The normalized spacial score (nSPS) is 37.7. The molecular formula is C28H42F3N5O3. The van der Waals surface area contributed by atoms with E-state index in [1.807, 2.05) is 6.92 Å². The van der Waals surface area contributed by atoms with E-state index in [9.17, 15) is 9.18 Å². The fourth-order valence-corrected chi connectivity index (χ4v) is 7.54. The number of likely N-dealkylation sites (tertiary alicyclic amines) is 1. The third-order valence-electron chi connectivity index (χ3n) is 9.98. The van der Waals surface area contributed by atoms with Crippen LogP contribution in [0.2, 0.25) is 0 Å². The van der Waals surface area contributed by atoms with Gasteiger partial charge in [0.15, 0.2) is 5.82 Å². The summed E-state index contributed by atoms with van der Waals surface area (Å²) in [6, 6.07) is -0.430. The number of urea groups is 1. The fraction of sp³-hybridized carbons (Fsp3) is 0.893. The molecule has 5 aliphatic rings. The zero-order valence-corrected chi connectivity index (χ0v) is 23.3. The molecule has 0 spiro atoms. The van der Waals surface area contributed by atoms with E-state index in [1.165, 1.54) is 0 Å². The zero-order chi connectivity index (χ0) is 27.5. The van der Waals surface area contributed by atoms with Crippen molar-refractivity contribution >= 4 is 6.03 Å². The largest absolute Gasteiger partial charge is 0.372 e. The van der Waals surface area contributed by atoms with Gasteiger partial charge in [0.2, 0.25) is 5.89 Å². The van der Waals surface area contributed by atoms with Gasteiger partial charge >= 0.3 is 6.03 Å². The van der Waals surface area contributed by atoms with E-state index in [4.69, 9.17) is 9.26 Å². The lowest BCUT2D eigenvalue weighted by Gasteiger charge is -2.45. The summed E-state index contributed by atoms with van der Waals surface area (Å²) in [5, 5.41) is 6.79. The number of piperidine rings is 2. The predicted molar refractivity (Wildman–Crippen MR) is 138 cm³/mol. The van der Waals surface area contributed by atoms with Crippen molar-refractivity contribution in [3.63, 3.8) is 0 Å². The van der Waals surface area contributed by atoms with Crippen molar-refractivity contribution in [1.82, 2.24) is 25.3 Å². The number of alkyl halides is 3. The quantitative estimate of drug-likeness (QED) is 0.538. The summed E-state index contributed by atoms with van der Waals surface area (Å²) in [7, 11) is 0. The van der Waals surface area contributed by atoms with Gasteiger partial charge in [0.05, 0.1) is 18.1 Å². The lowest BCUT2D eigenvalue weighted by Crippen LogP contribution is -2.61. The van der Waals surface area contributed by atoms with E-state index in [-0.39, 0.29) is 18.4 Å². The average molecular weight is 554 g/mol. The maximum Gasteiger partial charge on any atom is 0.317 e. The molecular weight excluding hydrogens is 511 g/mol. The highest BCUT2D eigenvalue weighted by atomic mass is 19.3. The minimum atomic E-state index is -3.02. The molecule has 11 heteroatoms. The molecule has 5 fully saturated rings. The standard InChI is InChI=1S/C28H42F3N5O3/c1-16(2)36-17-6-7-18(36)14-19(13-17)38-22-5-4-8-28(30,31)23(22)32-26(37)35-11-9-27(3,10-12-35)25-33-24(39-34-25)20-15-21(20)29/h16-23H,4-15H2,1-3H3,(H,32,37)/t17-,18?,19?,20+,21-,22-,23+/m0/s1. The number of rotatable bonds is 6. The van der Waals surface area contributed by atoms with Crippen molar-refractivity contribution in [2.75, 3.05) is 13.1 Å². The summed E-state index contributed by atoms with van der Waals surface area (Å²) in [6.07, 6.45) is 4.60. The fourth-order valence-electron chi connectivity index (χ4n) is 7.54. The van der Waals surface area contributed by atoms with Gasteiger partial charge in [-0.1, -0.05) is 12.1 Å². The summed E-state index contributed by atoms with van der Waals surface area (Å²) < 4.78 is 55.5. The molecule has 1 aromatic rings. The van der Waals surface area contributed by atoms with Crippen LogP contribution in [0, 0.1) is 0 Å². The number of halogens is 3. The second-order valence-electron chi connectivity index (χ2n) is 13.1. The van der Waals surface area contributed by atoms with E-state index in [0.717, 1.165) is 25.7 Å². The summed E-state index contributed by atoms with van der Waals surface area (Å²) >= 11 is 0. The Morgan fingerprint density at radius 2 is 1.77 bits per heavy atom. The minimum absolute atomic E-state index is 0.0466. The Balaban J connectivity index is 1.06.